The molecule has 3 nitrogen and oxygen atoms in total. The third kappa shape index (κ3) is 6.46. The van der Waals surface area contributed by atoms with E-state index in [0.717, 1.165) is 0 Å². The normalized spacial score (nSPS) is 14.2. The number of rotatable bonds is 10. The van der Waals surface area contributed by atoms with Crippen LogP contribution >= 0.6 is 0 Å². The van der Waals surface area contributed by atoms with Crippen LogP contribution in [0.2, 0.25) is 0 Å². The van der Waals surface area contributed by atoms with E-state index in [2.05, 4.69) is 112 Å². The summed E-state index contributed by atoms with van der Waals surface area (Å²) in [6.07, 6.45) is 0. The van der Waals surface area contributed by atoms with E-state index in [1.54, 1.807) is 0 Å². The first kappa shape index (κ1) is 27.1. The molecule has 0 aliphatic heterocycles. The second-order valence-electron chi connectivity index (χ2n) is 10.3. The van der Waals surface area contributed by atoms with Crippen LogP contribution < -0.4 is 11.5 Å². The van der Waals surface area contributed by atoms with E-state index in [0.29, 0.717) is 36.8 Å². The number of benzene rings is 2. The van der Waals surface area contributed by atoms with E-state index in [9.17, 15) is 0 Å². The zero-order valence-corrected chi connectivity index (χ0v) is 22.4. The molecule has 4 N–H and O–H groups in total. The first-order valence-electron chi connectivity index (χ1n) is 12.1. The van der Waals surface area contributed by atoms with Gasteiger partial charge in [0.15, 0.2) is 0 Å². The molecule has 0 saturated carbocycles. The van der Waals surface area contributed by atoms with Crippen LogP contribution in [0.3, 0.4) is 0 Å². The molecule has 2 unspecified atom stereocenters. The van der Waals surface area contributed by atoms with E-state index < -0.39 is 0 Å². The fourth-order valence-corrected chi connectivity index (χ4v) is 5.18. The van der Waals surface area contributed by atoms with Gasteiger partial charge in [-0.2, -0.15) is 0 Å². The molecule has 0 heterocycles. The van der Waals surface area contributed by atoms with E-state index in [1.807, 2.05) is 0 Å². The van der Waals surface area contributed by atoms with Gasteiger partial charge in [-0.05, 0) is 0 Å². The van der Waals surface area contributed by atoms with Crippen LogP contribution in [0.5, 0.6) is 0 Å². The zero-order chi connectivity index (χ0) is 24.2. The minimum absolute atomic E-state index is 0.0967. The Morgan fingerprint density at radius 2 is 0.844 bits per heavy atom. The molecule has 4 heteroatoms. The molecule has 0 aliphatic rings. The van der Waals surface area contributed by atoms with Crippen molar-refractivity contribution in [1.82, 2.24) is 3.92 Å². The average molecular weight is 479 g/mol. The fraction of sp³-hybridized carbons (Fsp3) is 0.571. The van der Waals surface area contributed by atoms with Crippen LogP contribution in [0.1, 0.15) is 125 Å². The number of nitrogens with two attached hydrogens (primary N) is 2. The maximum atomic E-state index is 6.82. The SMILES string of the molecule is CC(C)c1cccc(C(C)C)c1C(N)C[N]([Fe])CC(N)c1c(C(C)C)cccc1C(C)C. The Balaban J connectivity index is 2.29. The van der Waals surface area contributed by atoms with Crippen molar-refractivity contribution in [1.29, 1.82) is 0 Å². The van der Waals surface area contributed by atoms with Crippen LogP contribution in [0.4, 0.5) is 0 Å². The summed E-state index contributed by atoms with van der Waals surface area (Å²) in [7, 11) is 0. The third-order valence-electron chi connectivity index (χ3n) is 6.36. The Morgan fingerprint density at radius 1 is 0.594 bits per heavy atom. The summed E-state index contributed by atoms with van der Waals surface area (Å²) < 4.78 is 2.07. The fourth-order valence-electron chi connectivity index (χ4n) is 4.75. The molecule has 0 amide bonds. The van der Waals surface area contributed by atoms with Crippen molar-refractivity contribution in [2.24, 2.45) is 11.5 Å². The second-order valence-corrected chi connectivity index (χ2v) is 11.0. The number of hydrogen-bond acceptors (Lipinski definition) is 3. The summed E-state index contributed by atoms with van der Waals surface area (Å²) in [6.45, 7) is 19.3. The number of nitrogens with zero attached hydrogens (tertiary/aromatic N) is 1. The molecule has 0 bridgehead atoms. The molecule has 179 valence electrons. The van der Waals surface area contributed by atoms with Crippen LogP contribution in [0, 0.1) is 0 Å². The topological polar surface area (TPSA) is 55.3 Å². The van der Waals surface area contributed by atoms with Gasteiger partial charge in [-0.1, -0.05) is 0 Å². The quantitative estimate of drug-likeness (QED) is 0.376. The van der Waals surface area contributed by atoms with Gasteiger partial charge in [-0.15, -0.1) is 0 Å². The molecular formula is C28H44FeN3. The Hall–Kier alpha value is -1.16. The first-order valence-corrected chi connectivity index (χ1v) is 12.6. The van der Waals surface area contributed by atoms with Crippen LogP contribution in [-0.4, -0.2) is 17.0 Å². The molecule has 0 spiro atoms. The van der Waals surface area contributed by atoms with Gasteiger partial charge in [0.05, 0.1) is 0 Å². The third-order valence-corrected chi connectivity index (χ3v) is 6.76. The van der Waals surface area contributed by atoms with Crippen molar-refractivity contribution in [3.05, 3.63) is 69.8 Å². The van der Waals surface area contributed by atoms with Crippen molar-refractivity contribution in [2.45, 2.75) is 91.1 Å². The van der Waals surface area contributed by atoms with Crippen molar-refractivity contribution < 1.29 is 16.2 Å². The second kappa shape index (κ2) is 11.8. The summed E-state index contributed by atoms with van der Waals surface area (Å²) in [5.41, 5.74) is 21.6. The minimum atomic E-state index is -0.0967. The zero-order valence-electron chi connectivity index (χ0n) is 21.3. The van der Waals surface area contributed by atoms with E-state index in [4.69, 9.17) is 11.5 Å². The molecule has 2 rings (SSSR count). The molecule has 0 radical (unpaired) electrons. The molecule has 32 heavy (non-hydrogen) atoms. The molecule has 0 aliphatic carbocycles. The first-order chi connectivity index (χ1) is 15.0. The predicted octanol–water partition coefficient (Wildman–Crippen LogP) is 6.64. The van der Waals surface area contributed by atoms with Gasteiger partial charge in [-0.3, -0.25) is 0 Å². The van der Waals surface area contributed by atoms with E-state index >= 15 is 0 Å². The summed E-state index contributed by atoms with van der Waals surface area (Å²) in [5, 5.41) is 0. The van der Waals surface area contributed by atoms with E-state index in [-0.39, 0.29) is 12.1 Å². The van der Waals surface area contributed by atoms with Crippen LogP contribution in [0.25, 0.3) is 0 Å². The maximum absolute atomic E-state index is 6.82. The summed E-state index contributed by atoms with van der Waals surface area (Å²) >= 11 is 4.34. The summed E-state index contributed by atoms with van der Waals surface area (Å²) in [5.74, 6) is 1.73. The standard InChI is InChI=1S/C28H44N3.Fe/c1-17(2)21-11-9-12-22(18(3)4)27(21)25(29)15-31-16-26(30)28-23(19(5)6)13-10-14-24(28)20(7)8;/h9-14,17-20,25-26H,15-16,29-30H2,1-8H3;/q-1;+1. The monoisotopic (exact) mass is 478 g/mol. The Labute approximate surface area is 205 Å². The van der Waals surface area contributed by atoms with Gasteiger partial charge in [-0.25, -0.2) is 0 Å². The van der Waals surface area contributed by atoms with Gasteiger partial charge in [0, 0.05) is 0 Å². The molecule has 0 saturated heterocycles. The van der Waals surface area contributed by atoms with Crippen molar-refractivity contribution in [2.75, 3.05) is 13.1 Å². The Morgan fingerprint density at radius 3 is 1.06 bits per heavy atom. The van der Waals surface area contributed by atoms with Crippen LogP contribution in [0.15, 0.2) is 36.4 Å². The Kier molecular flexibility index (Phi) is 10.00. The molecule has 2 aromatic carbocycles. The van der Waals surface area contributed by atoms with Gasteiger partial charge >= 0.3 is 206 Å². The van der Waals surface area contributed by atoms with Gasteiger partial charge in [0.1, 0.15) is 0 Å². The molecule has 0 fully saturated rings. The van der Waals surface area contributed by atoms with E-state index in [1.165, 1.54) is 33.4 Å². The van der Waals surface area contributed by atoms with Crippen LogP contribution in [-0.2, 0) is 16.2 Å². The van der Waals surface area contributed by atoms with Crippen molar-refractivity contribution >= 4 is 0 Å². The average Bonchev–Trinajstić information content (AvgIpc) is 2.71. The van der Waals surface area contributed by atoms with Crippen molar-refractivity contribution in [3.8, 4) is 0 Å². The predicted molar refractivity (Wildman–Crippen MR) is 135 cm³/mol. The summed E-state index contributed by atoms with van der Waals surface area (Å²) in [4.78, 5) is 0. The van der Waals surface area contributed by atoms with Gasteiger partial charge in [0.25, 0.3) is 0 Å². The molecule has 2 aromatic rings. The summed E-state index contributed by atoms with van der Waals surface area (Å²) in [6, 6.07) is 13.0. The molecule has 2 atom stereocenters. The van der Waals surface area contributed by atoms with Gasteiger partial charge in [0.2, 0.25) is 0 Å². The molecule has 0 aromatic heterocycles. The molecular weight excluding hydrogens is 434 g/mol. The van der Waals surface area contributed by atoms with Crippen molar-refractivity contribution in [3.63, 3.8) is 0 Å². The van der Waals surface area contributed by atoms with Gasteiger partial charge < -0.3 is 0 Å². The Bertz CT molecular complexity index is 749. The number of hydrogen-bond donors (Lipinski definition) is 2.